The monoisotopic (exact) mass is 337 g/mol. The number of pyridine rings is 1. The summed E-state index contributed by atoms with van der Waals surface area (Å²) in [4.78, 5) is 26.3. The number of methoxy groups -OCH3 is 1. The van der Waals surface area contributed by atoms with Crippen LogP contribution < -0.4 is 20.9 Å². The number of aromatic nitrogens is 1. The molecule has 1 heterocycles. The first-order valence-electron chi connectivity index (χ1n) is 7.87. The molecule has 3 aromatic rings. The predicted molar refractivity (Wildman–Crippen MR) is 99.2 cm³/mol. The van der Waals surface area contributed by atoms with Crippen molar-refractivity contribution < 1.29 is 9.53 Å². The maximum Gasteiger partial charge on any atom is 0.253 e. The second-order valence-electron chi connectivity index (χ2n) is 5.66. The van der Waals surface area contributed by atoms with E-state index >= 15 is 0 Å². The number of rotatable bonds is 5. The number of fused-ring (bicyclic) bond motifs is 1. The Morgan fingerprint density at radius 3 is 2.72 bits per heavy atom. The van der Waals surface area contributed by atoms with Gasteiger partial charge in [-0.3, -0.25) is 9.59 Å². The molecule has 6 heteroatoms. The fourth-order valence-electron chi connectivity index (χ4n) is 2.64. The van der Waals surface area contributed by atoms with E-state index in [4.69, 9.17) is 4.74 Å². The molecule has 0 radical (unpaired) electrons. The predicted octanol–water partition coefficient (Wildman–Crippen LogP) is 3.11. The summed E-state index contributed by atoms with van der Waals surface area (Å²) in [5, 5.41) is 6.90. The first-order valence-corrected chi connectivity index (χ1v) is 7.87. The maximum atomic E-state index is 12.2. The molecule has 1 aromatic heterocycles. The number of carbonyl (C=O) groups is 1. The van der Waals surface area contributed by atoms with Crippen LogP contribution in [0.25, 0.3) is 10.9 Å². The Labute approximate surface area is 144 Å². The highest BCUT2D eigenvalue weighted by Crippen LogP contribution is 2.28. The molecule has 1 amide bonds. The normalized spacial score (nSPS) is 10.5. The van der Waals surface area contributed by atoms with Crippen molar-refractivity contribution in [1.82, 2.24) is 4.98 Å². The summed E-state index contributed by atoms with van der Waals surface area (Å²) in [6, 6.07) is 14.8. The van der Waals surface area contributed by atoms with Crippen LogP contribution in [0, 0.1) is 0 Å². The molecule has 0 saturated carbocycles. The summed E-state index contributed by atoms with van der Waals surface area (Å²) >= 11 is 0. The van der Waals surface area contributed by atoms with Crippen molar-refractivity contribution in [1.29, 1.82) is 0 Å². The van der Waals surface area contributed by atoms with Crippen LogP contribution in [0.1, 0.15) is 12.5 Å². The molecule has 25 heavy (non-hydrogen) atoms. The van der Waals surface area contributed by atoms with Gasteiger partial charge in [-0.25, -0.2) is 0 Å². The van der Waals surface area contributed by atoms with E-state index in [9.17, 15) is 9.59 Å². The first-order chi connectivity index (χ1) is 12.1. The second kappa shape index (κ2) is 7.09. The Morgan fingerprint density at radius 2 is 1.96 bits per heavy atom. The van der Waals surface area contributed by atoms with Gasteiger partial charge in [0.05, 0.1) is 12.8 Å². The lowest BCUT2D eigenvalue weighted by Gasteiger charge is -2.13. The molecule has 3 rings (SSSR count). The fourth-order valence-corrected chi connectivity index (χ4v) is 2.64. The highest BCUT2D eigenvalue weighted by Gasteiger charge is 2.08. The van der Waals surface area contributed by atoms with E-state index in [0.717, 1.165) is 10.9 Å². The van der Waals surface area contributed by atoms with Gasteiger partial charge in [-0.2, -0.15) is 0 Å². The number of hydrogen-bond donors (Lipinski definition) is 3. The zero-order chi connectivity index (χ0) is 17.8. The SMILES string of the molecule is COc1ccc(NC(C)=O)cc1NCc1cc2ccccc2[nH]c1=O. The van der Waals surface area contributed by atoms with E-state index in [0.29, 0.717) is 29.2 Å². The molecule has 0 bridgehead atoms. The number of amides is 1. The number of carbonyl (C=O) groups excluding carboxylic acids is 1. The summed E-state index contributed by atoms with van der Waals surface area (Å²) < 4.78 is 5.33. The summed E-state index contributed by atoms with van der Waals surface area (Å²) in [5.74, 6) is 0.480. The van der Waals surface area contributed by atoms with Gasteiger partial charge < -0.3 is 20.4 Å². The van der Waals surface area contributed by atoms with Gasteiger partial charge in [0.1, 0.15) is 5.75 Å². The van der Waals surface area contributed by atoms with Crippen LogP contribution >= 0.6 is 0 Å². The topological polar surface area (TPSA) is 83.2 Å². The first kappa shape index (κ1) is 16.6. The molecular formula is C19H19N3O3. The molecule has 0 aliphatic carbocycles. The number of hydrogen-bond acceptors (Lipinski definition) is 4. The summed E-state index contributed by atoms with van der Waals surface area (Å²) in [6.07, 6.45) is 0. The molecule has 0 saturated heterocycles. The lowest BCUT2D eigenvalue weighted by Crippen LogP contribution is -2.16. The van der Waals surface area contributed by atoms with Gasteiger partial charge in [-0.1, -0.05) is 18.2 Å². The molecule has 0 fully saturated rings. The zero-order valence-electron chi connectivity index (χ0n) is 14.1. The van der Waals surface area contributed by atoms with Crippen LogP contribution in [0.3, 0.4) is 0 Å². The maximum absolute atomic E-state index is 12.2. The highest BCUT2D eigenvalue weighted by atomic mass is 16.5. The van der Waals surface area contributed by atoms with Crippen LogP contribution in [-0.4, -0.2) is 18.0 Å². The van der Waals surface area contributed by atoms with Crippen molar-refractivity contribution in [2.24, 2.45) is 0 Å². The van der Waals surface area contributed by atoms with Crippen molar-refractivity contribution in [3.8, 4) is 5.75 Å². The van der Waals surface area contributed by atoms with Gasteiger partial charge in [0.15, 0.2) is 0 Å². The van der Waals surface area contributed by atoms with Crippen LogP contribution in [0.5, 0.6) is 5.75 Å². The Kier molecular flexibility index (Phi) is 4.70. The average Bonchev–Trinajstić information content (AvgIpc) is 2.59. The number of aromatic amines is 1. The Hall–Kier alpha value is -3.28. The number of para-hydroxylation sites is 1. The number of H-pyrrole nitrogens is 1. The van der Waals surface area contributed by atoms with Crippen molar-refractivity contribution in [2.75, 3.05) is 17.7 Å². The van der Waals surface area contributed by atoms with Gasteiger partial charge in [-0.15, -0.1) is 0 Å². The molecule has 0 aliphatic rings. The molecule has 0 unspecified atom stereocenters. The van der Waals surface area contributed by atoms with E-state index in [-0.39, 0.29) is 11.5 Å². The van der Waals surface area contributed by atoms with Gasteiger partial charge in [0.25, 0.3) is 5.56 Å². The van der Waals surface area contributed by atoms with Crippen molar-refractivity contribution in [3.63, 3.8) is 0 Å². The van der Waals surface area contributed by atoms with Gasteiger partial charge >= 0.3 is 0 Å². The third-order valence-corrected chi connectivity index (χ3v) is 3.82. The largest absolute Gasteiger partial charge is 0.495 e. The average molecular weight is 337 g/mol. The van der Waals surface area contributed by atoms with E-state index in [2.05, 4.69) is 15.6 Å². The molecular weight excluding hydrogens is 318 g/mol. The lowest BCUT2D eigenvalue weighted by atomic mass is 10.1. The van der Waals surface area contributed by atoms with E-state index < -0.39 is 0 Å². The number of ether oxygens (including phenoxy) is 1. The van der Waals surface area contributed by atoms with Gasteiger partial charge in [0, 0.05) is 30.2 Å². The van der Waals surface area contributed by atoms with E-state index in [1.807, 2.05) is 30.3 Å². The minimum Gasteiger partial charge on any atom is -0.495 e. The van der Waals surface area contributed by atoms with Crippen LogP contribution in [0.15, 0.2) is 53.3 Å². The second-order valence-corrected chi connectivity index (χ2v) is 5.66. The molecule has 128 valence electrons. The molecule has 0 atom stereocenters. The summed E-state index contributed by atoms with van der Waals surface area (Å²) in [5.41, 5.74) is 2.64. The Balaban J connectivity index is 1.86. The lowest BCUT2D eigenvalue weighted by molar-refractivity contribution is -0.114. The number of nitrogens with one attached hydrogen (secondary N) is 3. The third-order valence-electron chi connectivity index (χ3n) is 3.82. The van der Waals surface area contributed by atoms with Crippen LogP contribution in [-0.2, 0) is 11.3 Å². The standard InChI is InChI=1S/C19H19N3O3/c1-12(23)21-15-7-8-18(25-2)17(10-15)20-11-14-9-13-5-3-4-6-16(13)22-19(14)24/h3-10,20H,11H2,1-2H3,(H,21,23)(H,22,24). The fraction of sp³-hybridized carbons (Fsp3) is 0.158. The number of benzene rings is 2. The quantitative estimate of drug-likeness (QED) is 0.668. The van der Waals surface area contributed by atoms with E-state index in [1.165, 1.54) is 6.92 Å². The van der Waals surface area contributed by atoms with Gasteiger partial charge in [0.2, 0.25) is 5.91 Å². The highest BCUT2D eigenvalue weighted by molar-refractivity contribution is 5.89. The minimum atomic E-state index is -0.151. The molecule has 0 aliphatic heterocycles. The smallest absolute Gasteiger partial charge is 0.253 e. The number of anilines is 2. The van der Waals surface area contributed by atoms with Crippen molar-refractivity contribution in [3.05, 3.63) is 64.4 Å². The Morgan fingerprint density at radius 1 is 1.16 bits per heavy atom. The molecule has 3 N–H and O–H groups in total. The summed E-state index contributed by atoms with van der Waals surface area (Å²) in [6.45, 7) is 1.78. The molecule has 2 aromatic carbocycles. The minimum absolute atomic E-state index is 0.136. The van der Waals surface area contributed by atoms with Crippen molar-refractivity contribution >= 4 is 28.2 Å². The molecule has 0 spiro atoms. The van der Waals surface area contributed by atoms with E-state index in [1.54, 1.807) is 25.3 Å². The molecule has 6 nitrogen and oxygen atoms in total. The Bertz CT molecular complexity index is 979. The van der Waals surface area contributed by atoms with Gasteiger partial charge in [-0.05, 0) is 35.7 Å². The zero-order valence-corrected chi connectivity index (χ0v) is 14.1. The third kappa shape index (κ3) is 3.80. The summed E-state index contributed by atoms with van der Waals surface area (Å²) in [7, 11) is 1.57. The van der Waals surface area contributed by atoms with Crippen LogP contribution in [0.4, 0.5) is 11.4 Å². The van der Waals surface area contributed by atoms with Crippen molar-refractivity contribution in [2.45, 2.75) is 13.5 Å². The van der Waals surface area contributed by atoms with Crippen LogP contribution in [0.2, 0.25) is 0 Å².